The van der Waals surface area contributed by atoms with Crippen LogP contribution in [0.4, 0.5) is 0 Å². The minimum Gasteiger partial charge on any atom is -0.311 e. The summed E-state index contributed by atoms with van der Waals surface area (Å²) in [5.41, 5.74) is 2.48. The third kappa shape index (κ3) is 5.63. The van der Waals surface area contributed by atoms with Gasteiger partial charge in [-0.25, -0.2) is 0 Å². The fourth-order valence-corrected chi connectivity index (χ4v) is 2.98. The van der Waals surface area contributed by atoms with E-state index in [0.29, 0.717) is 5.41 Å². The predicted octanol–water partition coefficient (Wildman–Crippen LogP) is 4.81. The summed E-state index contributed by atoms with van der Waals surface area (Å²) in [4.78, 5) is 0. The van der Waals surface area contributed by atoms with E-state index in [2.05, 4.69) is 45.0 Å². The second-order valence-electron chi connectivity index (χ2n) is 6.60. The average Bonchev–Trinajstić information content (AvgIpc) is 2.75. The van der Waals surface area contributed by atoms with Crippen LogP contribution in [-0.4, -0.2) is 16.3 Å². The van der Waals surface area contributed by atoms with Crippen molar-refractivity contribution in [3.8, 4) is 0 Å². The van der Waals surface area contributed by atoms with Gasteiger partial charge in [-0.3, -0.25) is 4.68 Å². The van der Waals surface area contributed by atoms with Gasteiger partial charge in [-0.15, -0.1) is 0 Å². The Kier molecular flexibility index (Phi) is 7.75. The molecule has 0 aliphatic rings. The van der Waals surface area contributed by atoms with Gasteiger partial charge < -0.3 is 5.32 Å². The van der Waals surface area contributed by atoms with E-state index in [1.54, 1.807) is 0 Å². The summed E-state index contributed by atoms with van der Waals surface area (Å²) in [6.07, 6.45) is 6.10. The summed E-state index contributed by atoms with van der Waals surface area (Å²) in [5.74, 6) is 0. The number of aromatic nitrogens is 2. The van der Waals surface area contributed by atoms with E-state index in [-0.39, 0.29) is 0 Å². The van der Waals surface area contributed by atoms with Crippen molar-refractivity contribution in [1.29, 1.82) is 0 Å². The van der Waals surface area contributed by atoms with Crippen LogP contribution in [0.25, 0.3) is 0 Å². The lowest BCUT2D eigenvalue weighted by Crippen LogP contribution is -2.29. The Balaban J connectivity index is 2.53. The van der Waals surface area contributed by atoms with Crippen molar-refractivity contribution in [1.82, 2.24) is 15.1 Å². The Morgan fingerprint density at radius 2 is 1.90 bits per heavy atom. The van der Waals surface area contributed by atoms with Crippen LogP contribution in [0.2, 0.25) is 5.02 Å². The lowest BCUT2D eigenvalue weighted by atomic mass is 9.87. The van der Waals surface area contributed by atoms with Crippen molar-refractivity contribution in [2.24, 2.45) is 5.41 Å². The maximum atomic E-state index is 6.44. The molecule has 0 bridgehead atoms. The number of halogens is 1. The number of nitrogens with zero attached hydrogens (tertiary/aromatic N) is 2. The lowest BCUT2D eigenvalue weighted by Gasteiger charge is -2.25. The summed E-state index contributed by atoms with van der Waals surface area (Å²) in [7, 11) is 0. The minimum absolute atomic E-state index is 0.340. The van der Waals surface area contributed by atoms with Gasteiger partial charge in [0.2, 0.25) is 0 Å². The van der Waals surface area contributed by atoms with E-state index >= 15 is 0 Å². The summed E-state index contributed by atoms with van der Waals surface area (Å²) in [6, 6.07) is 0. The van der Waals surface area contributed by atoms with Gasteiger partial charge in [0, 0.05) is 19.6 Å². The molecule has 0 radical (unpaired) electrons. The number of aryl methyl sites for hydroxylation is 2. The van der Waals surface area contributed by atoms with Crippen LogP contribution in [-0.2, 0) is 19.5 Å². The molecule has 0 aliphatic carbocycles. The Hall–Kier alpha value is -0.540. The van der Waals surface area contributed by atoms with Crippen LogP contribution in [0.15, 0.2) is 0 Å². The molecule has 0 saturated carbocycles. The average molecular weight is 314 g/mol. The molecule has 3 nitrogen and oxygen atoms in total. The van der Waals surface area contributed by atoms with Crippen molar-refractivity contribution in [3.63, 3.8) is 0 Å². The zero-order valence-corrected chi connectivity index (χ0v) is 15.2. The number of nitrogens with one attached hydrogen (secondary N) is 1. The highest BCUT2D eigenvalue weighted by Gasteiger charge is 2.18. The molecule has 0 unspecified atom stereocenters. The van der Waals surface area contributed by atoms with Crippen LogP contribution < -0.4 is 5.32 Å². The van der Waals surface area contributed by atoms with Crippen LogP contribution in [0.5, 0.6) is 0 Å². The highest BCUT2D eigenvalue weighted by Crippen LogP contribution is 2.24. The molecule has 4 heteroatoms. The SMILES string of the molecule is CCCCCC(C)(C)CNCc1c(Cl)c(CC)nn1CC. The van der Waals surface area contributed by atoms with Gasteiger partial charge in [-0.2, -0.15) is 5.10 Å². The quantitative estimate of drug-likeness (QED) is 0.628. The summed E-state index contributed by atoms with van der Waals surface area (Å²) in [5, 5.41) is 8.99. The Morgan fingerprint density at radius 3 is 2.48 bits per heavy atom. The third-order valence-electron chi connectivity index (χ3n) is 4.05. The van der Waals surface area contributed by atoms with E-state index in [0.717, 1.165) is 42.5 Å². The molecule has 0 atom stereocenters. The van der Waals surface area contributed by atoms with Gasteiger partial charge >= 0.3 is 0 Å². The molecule has 122 valence electrons. The van der Waals surface area contributed by atoms with Crippen LogP contribution in [0.1, 0.15) is 71.7 Å². The van der Waals surface area contributed by atoms with E-state index in [1.165, 1.54) is 25.7 Å². The fraction of sp³-hybridized carbons (Fsp3) is 0.824. The Labute approximate surface area is 135 Å². The standard InChI is InChI=1S/C17H32ClN3/c1-6-9-10-11-17(4,5)13-19-12-15-16(18)14(7-2)20-21(15)8-3/h19H,6-13H2,1-5H3. The summed E-state index contributed by atoms with van der Waals surface area (Å²) >= 11 is 6.44. The molecular weight excluding hydrogens is 282 g/mol. The normalized spacial score (nSPS) is 12.1. The molecule has 1 heterocycles. The van der Waals surface area contributed by atoms with Gasteiger partial charge in [0.1, 0.15) is 0 Å². The van der Waals surface area contributed by atoms with Crippen molar-refractivity contribution >= 4 is 11.6 Å². The zero-order valence-electron chi connectivity index (χ0n) is 14.4. The molecule has 1 aromatic heterocycles. The van der Waals surface area contributed by atoms with Gasteiger partial charge in [0.05, 0.1) is 16.4 Å². The van der Waals surface area contributed by atoms with Gasteiger partial charge in [-0.1, -0.05) is 58.6 Å². The van der Waals surface area contributed by atoms with Crippen LogP contribution in [0, 0.1) is 5.41 Å². The van der Waals surface area contributed by atoms with Crippen molar-refractivity contribution in [2.45, 2.75) is 79.8 Å². The molecule has 0 amide bonds. The molecule has 1 aromatic rings. The van der Waals surface area contributed by atoms with Gasteiger partial charge in [0.15, 0.2) is 0 Å². The first-order valence-electron chi connectivity index (χ1n) is 8.40. The minimum atomic E-state index is 0.340. The summed E-state index contributed by atoms with van der Waals surface area (Å²) < 4.78 is 2.03. The first kappa shape index (κ1) is 18.5. The van der Waals surface area contributed by atoms with E-state index in [1.807, 2.05) is 4.68 Å². The topological polar surface area (TPSA) is 29.9 Å². The smallest absolute Gasteiger partial charge is 0.0863 e. The van der Waals surface area contributed by atoms with E-state index < -0.39 is 0 Å². The van der Waals surface area contributed by atoms with Gasteiger partial charge in [-0.05, 0) is 25.2 Å². The molecule has 0 aromatic carbocycles. The highest BCUT2D eigenvalue weighted by molar-refractivity contribution is 6.31. The second-order valence-corrected chi connectivity index (χ2v) is 6.98. The van der Waals surface area contributed by atoms with Crippen LogP contribution >= 0.6 is 11.6 Å². The lowest BCUT2D eigenvalue weighted by molar-refractivity contribution is 0.300. The Morgan fingerprint density at radius 1 is 1.19 bits per heavy atom. The number of hydrogen-bond donors (Lipinski definition) is 1. The molecule has 1 rings (SSSR count). The molecule has 0 saturated heterocycles. The van der Waals surface area contributed by atoms with Crippen molar-refractivity contribution in [2.75, 3.05) is 6.54 Å². The largest absolute Gasteiger partial charge is 0.311 e. The molecule has 0 aliphatic heterocycles. The highest BCUT2D eigenvalue weighted by atomic mass is 35.5. The van der Waals surface area contributed by atoms with E-state index in [9.17, 15) is 0 Å². The molecular formula is C17H32ClN3. The molecule has 1 N–H and O–H groups in total. The zero-order chi connectivity index (χ0) is 15.9. The van der Waals surface area contributed by atoms with E-state index in [4.69, 9.17) is 11.6 Å². The monoisotopic (exact) mass is 313 g/mol. The van der Waals surface area contributed by atoms with Crippen LogP contribution in [0.3, 0.4) is 0 Å². The second kappa shape index (κ2) is 8.79. The molecule has 0 fully saturated rings. The number of hydrogen-bond acceptors (Lipinski definition) is 2. The fourth-order valence-electron chi connectivity index (χ4n) is 2.65. The first-order chi connectivity index (χ1) is 9.95. The van der Waals surface area contributed by atoms with Crippen molar-refractivity contribution < 1.29 is 0 Å². The Bertz CT molecular complexity index is 424. The molecule has 21 heavy (non-hydrogen) atoms. The third-order valence-corrected chi connectivity index (χ3v) is 4.48. The maximum absolute atomic E-state index is 6.44. The summed E-state index contributed by atoms with van der Waals surface area (Å²) in [6.45, 7) is 13.8. The number of unbranched alkanes of at least 4 members (excludes halogenated alkanes) is 2. The first-order valence-corrected chi connectivity index (χ1v) is 8.77. The van der Waals surface area contributed by atoms with Gasteiger partial charge in [0.25, 0.3) is 0 Å². The van der Waals surface area contributed by atoms with Crippen molar-refractivity contribution in [3.05, 3.63) is 16.4 Å². The maximum Gasteiger partial charge on any atom is 0.0863 e. The molecule has 0 spiro atoms. The number of rotatable bonds is 10. The predicted molar refractivity (Wildman–Crippen MR) is 91.9 cm³/mol.